The molecule has 0 aromatic carbocycles. The zero-order valence-corrected chi connectivity index (χ0v) is 14.4. The third-order valence-corrected chi connectivity index (χ3v) is 5.09. The van der Waals surface area contributed by atoms with E-state index in [4.69, 9.17) is 10.1 Å². The number of nitrogens with zero attached hydrogens (tertiary/aromatic N) is 4. The van der Waals surface area contributed by atoms with E-state index in [1.54, 1.807) is 0 Å². The summed E-state index contributed by atoms with van der Waals surface area (Å²) in [7, 11) is 1.82. The van der Waals surface area contributed by atoms with Crippen molar-refractivity contribution in [1.29, 1.82) is 0 Å². The molecule has 0 saturated heterocycles. The monoisotopic (exact) mass is 308 g/mol. The molecule has 1 aliphatic heterocycles. The van der Waals surface area contributed by atoms with Crippen LogP contribution in [0, 0.1) is 19.8 Å². The van der Waals surface area contributed by atoms with E-state index in [0.717, 1.165) is 23.0 Å². The van der Waals surface area contributed by atoms with Crippen LogP contribution >= 0.6 is 0 Å². The van der Waals surface area contributed by atoms with Gasteiger partial charge in [-0.25, -0.2) is 9.67 Å². The zero-order chi connectivity index (χ0) is 16.1. The first-order chi connectivity index (χ1) is 11.1. The number of allylic oxidation sites excluding steroid dienone is 2. The molecule has 0 amide bonds. The van der Waals surface area contributed by atoms with Gasteiger partial charge in [-0.15, -0.1) is 0 Å². The molecule has 0 bridgehead atoms. The second-order valence-electron chi connectivity index (χ2n) is 6.86. The lowest BCUT2D eigenvalue weighted by Crippen LogP contribution is -2.20. The molecule has 120 valence electrons. The largest absolute Gasteiger partial charge is 0.270 e. The molecule has 0 radical (unpaired) electrons. The lowest BCUT2D eigenvalue weighted by Gasteiger charge is -2.19. The van der Waals surface area contributed by atoms with Crippen LogP contribution in [0.3, 0.4) is 0 Å². The highest BCUT2D eigenvalue weighted by atomic mass is 15.3. The van der Waals surface area contributed by atoms with Gasteiger partial charge in [0.2, 0.25) is 0 Å². The fourth-order valence-electron chi connectivity index (χ4n) is 3.59. The normalized spacial score (nSPS) is 25.0. The second-order valence-corrected chi connectivity index (χ2v) is 6.86. The molecule has 2 heterocycles. The third-order valence-electron chi connectivity index (χ3n) is 5.09. The quantitative estimate of drug-likeness (QED) is 0.830. The molecule has 0 unspecified atom stereocenters. The van der Waals surface area contributed by atoms with Crippen molar-refractivity contribution in [2.75, 3.05) is 7.05 Å². The molecule has 23 heavy (non-hydrogen) atoms. The van der Waals surface area contributed by atoms with E-state index < -0.39 is 0 Å². The predicted molar refractivity (Wildman–Crippen MR) is 95.2 cm³/mol. The van der Waals surface area contributed by atoms with Crippen molar-refractivity contribution >= 4 is 17.2 Å². The number of aliphatic imine (C=N–C) groups is 2. The van der Waals surface area contributed by atoms with Crippen LogP contribution in [0.1, 0.15) is 55.5 Å². The van der Waals surface area contributed by atoms with Gasteiger partial charge in [-0.1, -0.05) is 6.08 Å². The second kappa shape index (κ2) is 5.29. The van der Waals surface area contributed by atoms with Gasteiger partial charge in [0.15, 0.2) is 5.84 Å². The number of amidine groups is 1. The smallest absolute Gasteiger partial charge is 0.154 e. The first kappa shape index (κ1) is 14.6. The number of rotatable bonds is 3. The van der Waals surface area contributed by atoms with Crippen LogP contribution in [-0.2, 0) is 0 Å². The Morgan fingerprint density at radius 1 is 1.17 bits per heavy atom. The Morgan fingerprint density at radius 3 is 2.43 bits per heavy atom. The van der Waals surface area contributed by atoms with Crippen molar-refractivity contribution in [3.05, 3.63) is 34.7 Å². The minimum atomic E-state index is 0.574. The highest BCUT2D eigenvalue weighted by molar-refractivity contribution is 6.29. The van der Waals surface area contributed by atoms with Crippen LogP contribution in [0.2, 0.25) is 0 Å². The highest BCUT2D eigenvalue weighted by Crippen LogP contribution is 2.44. The highest BCUT2D eigenvalue weighted by Gasteiger charge is 2.36. The van der Waals surface area contributed by atoms with Crippen molar-refractivity contribution in [2.45, 2.75) is 52.4 Å². The Kier molecular flexibility index (Phi) is 3.36. The molecule has 2 saturated carbocycles. The van der Waals surface area contributed by atoms with Crippen LogP contribution in [0.15, 0.2) is 27.7 Å². The van der Waals surface area contributed by atoms with Crippen LogP contribution in [0.4, 0.5) is 0 Å². The van der Waals surface area contributed by atoms with Gasteiger partial charge >= 0.3 is 0 Å². The summed E-state index contributed by atoms with van der Waals surface area (Å²) in [4.78, 5) is 9.24. The summed E-state index contributed by atoms with van der Waals surface area (Å²) in [6.45, 7) is 6.39. The lowest BCUT2D eigenvalue weighted by atomic mass is 10.0. The van der Waals surface area contributed by atoms with Crippen LogP contribution in [0.25, 0.3) is 5.70 Å². The van der Waals surface area contributed by atoms with E-state index in [9.17, 15) is 0 Å². The summed E-state index contributed by atoms with van der Waals surface area (Å²) in [5.74, 6) is 2.15. The number of aromatic nitrogens is 2. The maximum Gasteiger partial charge on any atom is 0.154 e. The molecule has 0 N–H and O–H groups in total. The minimum Gasteiger partial charge on any atom is -0.270 e. The summed E-state index contributed by atoms with van der Waals surface area (Å²) in [6.07, 6.45) is 9.38. The number of aryl methyl sites for hydroxylation is 1. The van der Waals surface area contributed by atoms with Crippen molar-refractivity contribution < 1.29 is 0 Å². The number of hydrogen-bond acceptors (Lipinski definition) is 2. The summed E-state index contributed by atoms with van der Waals surface area (Å²) in [6, 6.07) is 0. The fraction of sp³-hybridized carbons (Fsp3) is 0.526. The minimum absolute atomic E-state index is 0.574. The van der Waals surface area contributed by atoms with Crippen molar-refractivity contribution in [3.8, 4) is 0 Å². The molecule has 0 atom stereocenters. The van der Waals surface area contributed by atoms with Crippen molar-refractivity contribution in [1.82, 2.24) is 9.78 Å². The lowest BCUT2D eigenvalue weighted by molar-refractivity contribution is 0.858. The van der Waals surface area contributed by atoms with Gasteiger partial charge in [-0.2, -0.15) is 5.10 Å². The first-order valence-corrected chi connectivity index (χ1v) is 8.64. The average molecular weight is 308 g/mol. The van der Waals surface area contributed by atoms with Crippen LogP contribution in [-0.4, -0.2) is 28.4 Å². The third kappa shape index (κ3) is 2.41. The molecule has 2 fully saturated rings. The predicted octanol–water partition coefficient (Wildman–Crippen LogP) is 4.06. The Morgan fingerprint density at radius 2 is 1.87 bits per heavy atom. The van der Waals surface area contributed by atoms with E-state index in [0.29, 0.717) is 5.92 Å². The van der Waals surface area contributed by atoms with Gasteiger partial charge in [-0.05, 0) is 64.0 Å². The Labute approximate surface area is 137 Å². The van der Waals surface area contributed by atoms with Gasteiger partial charge in [0.05, 0.1) is 17.1 Å². The zero-order valence-electron chi connectivity index (χ0n) is 14.4. The Balaban J connectivity index is 1.84. The van der Waals surface area contributed by atoms with E-state index in [-0.39, 0.29) is 0 Å². The van der Waals surface area contributed by atoms with Crippen molar-refractivity contribution in [2.24, 2.45) is 15.9 Å². The molecule has 1 aromatic rings. The van der Waals surface area contributed by atoms with Gasteiger partial charge in [-0.3, -0.25) is 4.99 Å². The van der Waals surface area contributed by atoms with E-state index in [1.807, 2.05) is 14.0 Å². The summed E-state index contributed by atoms with van der Waals surface area (Å²) >= 11 is 0. The van der Waals surface area contributed by atoms with E-state index >= 15 is 0 Å². The Bertz CT molecular complexity index is 781. The van der Waals surface area contributed by atoms with Gasteiger partial charge in [0.1, 0.15) is 0 Å². The molecule has 4 rings (SSSR count). The molecule has 3 aliphatic rings. The summed E-state index contributed by atoms with van der Waals surface area (Å²) in [5, 5.41) is 4.88. The summed E-state index contributed by atoms with van der Waals surface area (Å²) in [5.41, 5.74) is 7.34. The standard InChI is InChI=1S/C19H24N4/c1-5-13-10-16(18(15-8-9-15)21-19(13)20-4)23-12(3)17(11(2)22-23)14-6-7-14/h5,10,14-15H,6-9H2,1-4H3/b13-5-,20-19?. The maximum atomic E-state index is 4.88. The van der Waals surface area contributed by atoms with E-state index in [2.05, 4.69) is 35.7 Å². The van der Waals surface area contributed by atoms with Crippen molar-refractivity contribution in [3.63, 3.8) is 0 Å². The topological polar surface area (TPSA) is 42.5 Å². The van der Waals surface area contributed by atoms with Gasteiger partial charge in [0, 0.05) is 24.2 Å². The molecule has 4 heteroatoms. The molecule has 0 spiro atoms. The SMILES string of the molecule is C/C=C1/C=C(n2nc(C)c(C3CC3)c2C)C(C2CC2)=NC1=NC. The van der Waals surface area contributed by atoms with Gasteiger partial charge < -0.3 is 0 Å². The van der Waals surface area contributed by atoms with E-state index in [1.165, 1.54) is 48.3 Å². The molecule has 2 aliphatic carbocycles. The maximum absolute atomic E-state index is 4.88. The first-order valence-electron chi connectivity index (χ1n) is 8.64. The van der Waals surface area contributed by atoms with Gasteiger partial charge in [0.25, 0.3) is 0 Å². The fourth-order valence-corrected chi connectivity index (χ4v) is 3.59. The molecular formula is C19H24N4. The molecule has 4 nitrogen and oxygen atoms in total. The van der Waals surface area contributed by atoms with Crippen LogP contribution < -0.4 is 0 Å². The average Bonchev–Trinajstić information content (AvgIpc) is 3.45. The number of hydrogen-bond donors (Lipinski definition) is 0. The Hall–Kier alpha value is -1.97. The number of dihydropyridines is 1. The molecule has 1 aromatic heterocycles. The van der Waals surface area contributed by atoms with Crippen LogP contribution in [0.5, 0.6) is 0 Å². The summed E-state index contributed by atoms with van der Waals surface area (Å²) < 4.78 is 2.13. The molecular weight excluding hydrogens is 284 g/mol.